The largest absolute Gasteiger partial charge is 0.451 e. The summed E-state index contributed by atoms with van der Waals surface area (Å²) in [7, 11) is -3.44. The van der Waals surface area contributed by atoms with Gasteiger partial charge in [-0.25, -0.2) is 8.42 Å². The maximum Gasteiger partial charge on any atom is 0.325 e. The predicted octanol–water partition coefficient (Wildman–Crippen LogP) is 0.796. The van der Waals surface area contributed by atoms with Crippen LogP contribution < -0.4 is 0 Å². The number of piperidine rings is 1. The van der Waals surface area contributed by atoms with E-state index in [1.165, 1.54) is 4.31 Å². The molecule has 8 nitrogen and oxygen atoms in total. The average molecular weight is 317 g/mol. The molecule has 1 aliphatic rings. The molecule has 1 aromatic heterocycles. The van der Waals surface area contributed by atoms with Crippen LogP contribution in [0, 0.1) is 6.92 Å². The van der Waals surface area contributed by atoms with E-state index in [-0.39, 0.29) is 5.89 Å². The van der Waals surface area contributed by atoms with Crippen LogP contribution in [0.4, 0.5) is 0 Å². The van der Waals surface area contributed by atoms with Crippen LogP contribution in [0.1, 0.15) is 44.0 Å². The first-order chi connectivity index (χ1) is 9.79. The summed E-state index contributed by atoms with van der Waals surface area (Å²) >= 11 is 0. The van der Waals surface area contributed by atoms with E-state index in [1.807, 2.05) is 0 Å². The molecule has 0 N–H and O–H groups in total. The quantitative estimate of drug-likeness (QED) is 0.756. The van der Waals surface area contributed by atoms with Gasteiger partial charge in [0.25, 0.3) is 5.89 Å². The maximum atomic E-state index is 12.2. The lowest BCUT2D eigenvalue weighted by atomic mass is 10.1. The molecule has 1 saturated heterocycles. The number of rotatable bonds is 4. The third-order valence-corrected chi connectivity index (χ3v) is 4.62. The van der Waals surface area contributed by atoms with Crippen LogP contribution in [0.15, 0.2) is 4.52 Å². The Labute approximate surface area is 123 Å². The molecule has 0 radical (unpaired) electrons. The van der Waals surface area contributed by atoms with Crippen molar-refractivity contribution in [3.63, 3.8) is 0 Å². The molecule has 1 fully saturated rings. The molecule has 2 atom stereocenters. The van der Waals surface area contributed by atoms with Crippen molar-refractivity contribution in [1.82, 2.24) is 14.4 Å². The minimum atomic E-state index is -3.44. The van der Waals surface area contributed by atoms with Gasteiger partial charge in [-0.15, -0.1) is 0 Å². The Hall–Kier alpha value is -1.48. The van der Waals surface area contributed by atoms with Gasteiger partial charge in [-0.05, 0) is 33.1 Å². The molecule has 118 valence electrons. The zero-order chi connectivity index (χ0) is 15.6. The summed E-state index contributed by atoms with van der Waals surface area (Å²) in [6.07, 6.45) is 2.39. The number of nitrogens with zero attached hydrogens (tertiary/aromatic N) is 3. The van der Waals surface area contributed by atoms with E-state index < -0.39 is 28.1 Å². The Kier molecular flexibility index (Phi) is 4.62. The van der Waals surface area contributed by atoms with E-state index in [1.54, 1.807) is 13.8 Å². The van der Waals surface area contributed by atoms with E-state index in [2.05, 4.69) is 10.1 Å². The molecule has 2 heterocycles. The van der Waals surface area contributed by atoms with Crippen LogP contribution in [0.3, 0.4) is 0 Å². The highest BCUT2D eigenvalue weighted by molar-refractivity contribution is 7.88. The van der Waals surface area contributed by atoms with Gasteiger partial charge in [-0.3, -0.25) is 4.79 Å². The summed E-state index contributed by atoms with van der Waals surface area (Å²) in [6.45, 7) is 3.61. The van der Waals surface area contributed by atoms with Gasteiger partial charge >= 0.3 is 5.97 Å². The molecule has 1 aromatic rings. The number of carbonyl (C=O) groups excluding carboxylic acids is 1. The first-order valence-electron chi connectivity index (χ1n) is 6.76. The summed E-state index contributed by atoms with van der Waals surface area (Å²) in [5.41, 5.74) is 0. The smallest absolute Gasteiger partial charge is 0.325 e. The van der Waals surface area contributed by atoms with Crippen LogP contribution in [-0.4, -0.2) is 47.7 Å². The lowest BCUT2D eigenvalue weighted by Gasteiger charge is -2.32. The highest BCUT2D eigenvalue weighted by atomic mass is 32.2. The van der Waals surface area contributed by atoms with Gasteiger partial charge in [0.15, 0.2) is 11.9 Å². The minimum Gasteiger partial charge on any atom is -0.451 e. The van der Waals surface area contributed by atoms with Gasteiger partial charge in [0.05, 0.1) is 6.26 Å². The van der Waals surface area contributed by atoms with Gasteiger partial charge in [-0.1, -0.05) is 5.16 Å². The van der Waals surface area contributed by atoms with Gasteiger partial charge in [-0.2, -0.15) is 9.29 Å². The van der Waals surface area contributed by atoms with Crippen LogP contribution >= 0.6 is 0 Å². The summed E-state index contributed by atoms with van der Waals surface area (Å²) in [4.78, 5) is 16.2. The second kappa shape index (κ2) is 6.10. The Morgan fingerprint density at radius 2 is 2.19 bits per heavy atom. The van der Waals surface area contributed by atoms with Gasteiger partial charge in [0.1, 0.15) is 6.04 Å². The van der Waals surface area contributed by atoms with Crippen molar-refractivity contribution in [2.24, 2.45) is 0 Å². The number of aryl methyl sites for hydroxylation is 1. The predicted molar refractivity (Wildman–Crippen MR) is 72.7 cm³/mol. The molecule has 0 aromatic carbocycles. The van der Waals surface area contributed by atoms with Crippen molar-refractivity contribution < 1.29 is 22.5 Å². The van der Waals surface area contributed by atoms with Crippen LogP contribution in [0.25, 0.3) is 0 Å². The van der Waals surface area contributed by atoms with Gasteiger partial charge in [0, 0.05) is 6.54 Å². The topological polar surface area (TPSA) is 103 Å². The molecule has 0 spiro atoms. The molecule has 0 aliphatic carbocycles. The molecular formula is C12H19N3O5S. The number of sulfonamides is 1. The molecule has 0 unspecified atom stereocenters. The Morgan fingerprint density at radius 3 is 2.76 bits per heavy atom. The Bertz CT molecular complexity index is 612. The summed E-state index contributed by atoms with van der Waals surface area (Å²) < 4.78 is 34.9. The van der Waals surface area contributed by atoms with E-state index in [0.29, 0.717) is 18.8 Å². The first-order valence-corrected chi connectivity index (χ1v) is 8.61. The molecule has 0 saturated carbocycles. The molecular weight excluding hydrogens is 298 g/mol. The minimum absolute atomic E-state index is 0.197. The van der Waals surface area contributed by atoms with Crippen molar-refractivity contribution in [2.75, 3.05) is 12.8 Å². The fourth-order valence-corrected chi connectivity index (χ4v) is 3.43. The van der Waals surface area contributed by atoms with Crippen molar-refractivity contribution in [3.8, 4) is 0 Å². The Balaban J connectivity index is 2.07. The van der Waals surface area contributed by atoms with E-state index in [0.717, 1.165) is 19.1 Å². The lowest BCUT2D eigenvalue weighted by molar-refractivity contribution is -0.155. The van der Waals surface area contributed by atoms with E-state index in [9.17, 15) is 13.2 Å². The van der Waals surface area contributed by atoms with Crippen LogP contribution in [0.5, 0.6) is 0 Å². The van der Waals surface area contributed by atoms with Crippen molar-refractivity contribution in [2.45, 2.75) is 45.3 Å². The first kappa shape index (κ1) is 15.9. The number of ether oxygens (including phenoxy) is 1. The van der Waals surface area contributed by atoms with Gasteiger partial charge in [0.2, 0.25) is 10.0 Å². The number of hydrogen-bond acceptors (Lipinski definition) is 7. The lowest BCUT2D eigenvalue weighted by Crippen LogP contribution is -2.48. The number of esters is 1. The number of hydrogen-bond donors (Lipinski definition) is 0. The molecule has 9 heteroatoms. The monoisotopic (exact) mass is 317 g/mol. The van der Waals surface area contributed by atoms with E-state index in [4.69, 9.17) is 9.26 Å². The average Bonchev–Trinajstić information content (AvgIpc) is 2.84. The second-order valence-corrected chi connectivity index (χ2v) is 7.08. The fraction of sp³-hybridized carbons (Fsp3) is 0.750. The third-order valence-electron chi connectivity index (χ3n) is 3.34. The Morgan fingerprint density at radius 1 is 1.48 bits per heavy atom. The molecule has 1 aliphatic heterocycles. The molecule has 2 rings (SSSR count). The zero-order valence-corrected chi connectivity index (χ0v) is 13.1. The van der Waals surface area contributed by atoms with Crippen molar-refractivity contribution >= 4 is 16.0 Å². The van der Waals surface area contributed by atoms with E-state index >= 15 is 0 Å². The van der Waals surface area contributed by atoms with Crippen molar-refractivity contribution in [3.05, 3.63) is 11.7 Å². The zero-order valence-electron chi connectivity index (χ0n) is 12.3. The maximum absolute atomic E-state index is 12.2. The van der Waals surface area contributed by atoms with Gasteiger partial charge < -0.3 is 9.26 Å². The highest BCUT2D eigenvalue weighted by Gasteiger charge is 2.36. The standard InChI is InChI=1S/C12H19N3O5S/c1-8(11-13-9(2)14-20-11)19-12(16)10-6-4-5-7-15(10)21(3,17)18/h8,10H,4-7H2,1-3H3/t8-,10+/m0/s1. The second-order valence-electron chi connectivity index (χ2n) is 5.14. The summed E-state index contributed by atoms with van der Waals surface area (Å²) in [5, 5.41) is 3.63. The highest BCUT2D eigenvalue weighted by Crippen LogP contribution is 2.23. The van der Waals surface area contributed by atoms with Crippen LogP contribution in [-0.2, 0) is 19.6 Å². The molecule has 0 bridgehead atoms. The number of carbonyl (C=O) groups is 1. The summed E-state index contributed by atoms with van der Waals surface area (Å²) in [5.74, 6) is 0.0642. The van der Waals surface area contributed by atoms with Crippen molar-refractivity contribution in [1.29, 1.82) is 0 Å². The SMILES string of the molecule is Cc1noc([C@H](C)OC(=O)[C@H]2CCCCN2S(C)(=O)=O)n1. The number of aromatic nitrogens is 2. The molecule has 21 heavy (non-hydrogen) atoms. The molecule has 0 amide bonds. The summed E-state index contributed by atoms with van der Waals surface area (Å²) in [6, 6.07) is -0.778. The normalized spacial score (nSPS) is 22.0. The van der Waals surface area contributed by atoms with Crippen LogP contribution in [0.2, 0.25) is 0 Å². The fourth-order valence-electron chi connectivity index (χ4n) is 2.32. The third kappa shape index (κ3) is 3.79.